The maximum atomic E-state index is 5.24. The van der Waals surface area contributed by atoms with Crippen LogP contribution in [0.15, 0.2) is 24.3 Å². The Morgan fingerprint density at radius 3 is 2.62 bits per heavy atom. The Bertz CT molecular complexity index is 101. The molecule has 0 aliphatic carbocycles. The lowest BCUT2D eigenvalue weighted by Crippen LogP contribution is -1.89. The predicted molar refractivity (Wildman–Crippen MR) is 33.8 cm³/mol. The minimum atomic E-state index is 0.670. The highest BCUT2D eigenvalue weighted by atomic mass is 16.5. The molecule has 2 nitrogen and oxygen atoms in total. The molecule has 0 fully saturated rings. The molecule has 0 rings (SSSR count). The third-order valence-corrected chi connectivity index (χ3v) is 0.469. The highest BCUT2D eigenvalue weighted by Crippen LogP contribution is 1.82. The molecule has 2 N–H and O–H groups in total. The fourth-order valence-electron chi connectivity index (χ4n) is 0.225. The van der Waals surface area contributed by atoms with Crippen molar-refractivity contribution in [1.29, 1.82) is 0 Å². The quantitative estimate of drug-likeness (QED) is 0.549. The van der Waals surface area contributed by atoms with Gasteiger partial charge in [-0.2, -0.15) is 0 Å². The topological polar surface area (TPSA) is 35.2 Å². The van der Waals surface area contributed by atoms with Gasteiger partial charge in [0.25, 0.3) is 0 Å². The van der Waals surface area contributed by atoms with Gasteiger partial charge >= 0.3 is 0 Å². The monoisotopic (exact) mass is 113 g/mol. The molecule has 0 radical (unpaired) electrons. The Labute approximate surface area is 49.6 Å². The maximum Gasteiger partial charge on any atom is 0.108 e. The molecule has 0 aromatic carbocycles. The summed E-state index contributed by atoms with van der Waals surface area (Å²) in [4.78, 5) is 0. The summed E-state index contributed by atoms with van der Waals surface area (Å²) in [6.45, 7) is 3.64. The molecule has 0 bridgehead atoms. The zero-order valence-electron chi connectivity index (χ0n) is 5.22. The van der Waals surface area contributed by atoms with E-state index in [-0.39, 0.29) is 0 Å². The molecule has 0 aromatic heterocycles. The minimum absolute atomic E-state index is 0.670. The average molecular weight is 113 g/mol. The molecular weight excluding hydrogens is 102 g/mol. The summed E-state index contributed by atoms with van der Waals surface area (Å²) in [6.07, 6.45) is 4.84. The second kappa shape index (κ2) is 4.24. The van der Waals surface area contributed by atoms with E-state index in [0.29, 0.717) is 5.70 Å². The van der Waals surface area contributed by atoms with Gasteiger partial charge in [-0.3, -0.25) is 0 Å². The molecule has 46 valence electrons. The van der Waals surface area contributed by atoms with Crippen LogP contribution in [0.25, 0.3) is 0 Å². The average Bonchev–Trinajstić information content (AvgIpc) is 1.66. The van der Waals surface area contributed by atoms with Gasteiger partial charge in [0.2, 0.25) is 0 Å². The molecule has 0 atom stereocenters. The van der Waals surface area contributed by atoms with Crippen molar-refractivity contribution < 1.29 is 4.74 Å². The summed E-state index contributed by atoms with van der Waals surface area (Å²) in [5, 5.41) is 0. The zero-order chi connectivity index (χ0) is 6.41. The molecular formula is C6H11NO. The van der Waals surface area contributed by atoms with Gasteiger partial charge in [0.1, 0.15) is 6.26 Å². The van der Waals surface area contributed by atoms with Crippen LogP contribution in [0, 0.1) is 0 Å². The van der Waals surface area contributed by atoms with Crippen LogP contribution in [0.4, 0.5) is 0 Å². The first-order valence-electron chi connectivity index (χ1n) is 2.46. The third-order valence-electron chi connectivity index (χ3n) is 0.469. The van der Waals surface area contributed by atoms with E-state index in [0.717, 1.165) is 0 Å². The molecule has 0 amide bonds. The fraction of sp³-hybridized carbons (Fsp3) is 0.333. The number of hydrogen-bond donors (Lipinski definition) is 1. The standard InChI is InChI=1S/C6H11NO/c1-3-4-8-5-6(2)7/h3-5H,7H2,1-2H3/b4-3-,6-5-. The lowest BCUT2D eigenvalue weighted by Gasteiger charge is -1.88. The normalized spacial score (nSPS) is 12.5. The second-order valence-electron chi connectivity index (χ2n) is 1.47. The van der Waals surface area contributed by atoms with Gasteiger partial charge in [-0.25, -0.2) is 0 Å². The van der Waals surface area contributed by atoms with E-state index in [1.54, 1.807) is 19.3 Å². The second-order valence-corrected chi connectivity index (χ2v) is 1.47. The van der Waals surface area contributed by atoms with Gasteiger partial charge < -0.3 is 10.5 Å². The SMILES string of the molecule is C/C=C\O/C=C(/C)N. The summed E-state index contributed by atoms with van der Waals surface area (Å²) in [5.41, 5.74) is 5.90. The van der Waals surface area contributed by atoms with Crippen LogP contribution in [-0.2, 0) is 4.74 Å². The summed E-state index contributed by atoms with van der Waals surface area (Å²) >= 11 is 0. The number of rotatable bonds is 2. The smallest absolute Gasteiger partial charge is 0.108 e. The van der Waals surface area contributed by atoms with Crippen molar-refractivity contribution in [3.05, 3.63) is 24.3 Å². The van der Waals surface area contributed by atoms with Gasteiger partial charge in [-0.15, -0.1) is 0 Å². The molecule has 0 aromatic rings. The Balaban J connectivity index is 3.30. The molecule has 0 aliphatic heterocycles. The van der Waals surface area contributed by atoms with Crippen molar-refractivity contribution in [3.8, 4) is 0 Å². The van der Waals surface area contributed by atoms with Crippen LogP contribution in [-0.4, -0.2) is 0 Å². The molecule has 0 aliphatic rings. The zero-order valence-corrected chi connectivity index (χ0v) is 5.22. The lowest BCUT2D eigenvalue weighted by molar-refractivity contribution is 0.396. The summed E-state index contributed by atoms with van der Waals surface area (Å²) < 4.78 is 4.78. The van der Waals surface area contributed by atoms with Crippen LogP contribution in [0.3, 0.4) is 0 Å². The third kappa shape index (κ3) is 5.08. The molecule has 0 saturated heterocycles. The number of allylic oxidation sites excluding steroid dienone is 2. The largest absolute Gasteiger partial charge is 0.471 e. The molecule has 0 unspecified atom stereocenters. The number of hydrogen-bond acceptors (Lipinski definition) is 2. The predicted octanol–water partition coefficient (Wildman–Crippen LogP) is 1.36. The van der Waals surface area contributed by atoms with E-state index in [1.165, 1.54) is 6.26 Å². The van der Waals surface area contributed by atoms with Gasteiger partial charge in [-0.05, 0) is 13.8 Å². The highest BCUT2D eigenvalue weighted by molar-refractivity contribution is 4.86. The summed E-state index contributed by atoms with van der Waals surface area (Å²) in [6, 6.07) is 0. The van der Waals surface area contributed by atoms with E-state index >= 15 is 0 Å². The van der Waals surface area contributed by atoms with Gasteiger partial charge in [0.15, 0.2) is 0 Å². The van der Waals surface area contributed by atoms with Crippen LogP contribution < -0.4 is 5.73 Å². The Morgan fingerprint density at radius 1 is 1.62 bits per heavy atom. The number of nitrogens with two attached hydrogens (primary N) is 1. The highest BCUT2D eigenvalue weighted by Gasteiger charge is 1.70. The molecule has 0 saturated carbocycles. The van der Waals surface area contributed by atoms with E-state index in [9.17, 15) is 0 Å². The minimum Gasteiger partial charge on any atom is -0.471 e. The molecule has 2 heteroatoms. The fourth-order valence-corrected chi connectivity index (χ4v) is 0.225. The van der Waals surface area contributed by atoms with Crippen LogP contribution in [0.2, 0.25) is 0 Å². The Kier molecular flexibility index (Phi) is 3.76. The van der Waals surface area contributed by atoms with Gasteiger partial charge in [0.05, 0.1) is 6.26 Å². The van der Waals surface area contributed by atoms with Crippen molar-refractivity contribution in [2.24, 2.45) is 5.73 Å². The maximum absolute atomic E-state index is 5.24. The van der Waals surface area contributed by atoms with E-state index < -0.39 is 0 Å². The molecule has 8 heavy (non-hydrogen) atoms. The van der Waals surface area contributed by atoms with Crippen LogP contribution in [0.5, 0.6) is 0 Å². The van der Waals surface area contributed by atoms with Crippen molar-refractivity contribution >= 4 is 0 Å². The van der Waals surface area contributed by atoms with Crippen molar-refractivity contribution in [3.63, 3.8) is 0 Å². The van der Waals surface area contributed by atoms with Crippen molar-refractivity contribution in [1.82, 2.24) is 0 Å². The molecule has 0 heterocycles. The van der Waals surface area contributed by atoms with E-state index in [2.05, 4.69) is 0 Å². The first-order valence-corrected chi connectivity index (χ1v) is 2.46. The molecule has 0 spiro atoms. The first-order chi connectivity index (χ1) is 3.77. The van der Waals surface area contributed by atoms with Crippen molar-refractivity contribution in [2.75, 3.05) is 0 Å². The summed E-state index contributed by atoms with van der Waals surface area (Å²) in [7, 11) is 0. The van der Waals surface area contributed by atoms with E-state index in [4.69, 9.17) is 10.5 Å². The van der Waals surface area contributed by atoms with Gasteiger partial charge in [0, 0.05) is 5.70 Å². The van der Waals surface area contributed by atoms with E-state index in [1.807, 2.05) is 6.92 Å². The first kappa shape index (κ1) is 7.08. The Morgan fingerprint density at radius 2 is 2.25 bits per heavy atom. The van der Waals surface area contributed by atoms with Gasteiger partial charge in [-0.1, -0.05) is 6.08 Å². The van der Waals surface area contributed by atoms with Crippen LogP contribution in [0.1, 0.15) is 13.8 Å². The Hall–Kier alpha value is -0.920. The number of ether oxygens (including phenoxy) is 1. The van der Waals surface area contributed by atoms with Crippen molar-refractivity contribution in [2.45, 2.75) is 13.8 Å². The van der Waals surface area contributed by atoms with Crippen LogP contribution >= 0.6 is 0 Å². The summed E-state index contributed by atoms with van der Waals surface area (Å²) in [5.74, 6) is 0. The lowest BCUT2D eigenvalue weighted by atomic mass is 10.6.